The highest BCUT2D eigenvalue weighted by molar-refractivity contribution is 5.44. The zero-order chi connectivity index (χ0) is 11.8. The number of nitrogens with zero attached hydrogens (tertiary/aromatic N) is 1. The molecule has 1 aromatic rings. The predicted octanol–water partition coefficient (Wildman–Crippen LogP) is 3.71. The highest BCUT2D eigenvalue weighted by Crippen LogP contribution is 2.12. The quantitative estimate of drug-likeness (QED) is 0.742. The molecule has 0 spiro atoms. The molecule has 1 N–H and O–H groups in total. The van der Waals surface area contributed by atoms with Gasteiger partial charge in [-0.15, -0.1) is 0 Å². The molecule has 0 heterocycles. The van der Waals surface area contributed by atoms with Crippen molar-refractivity contribution < 1.29 is 4.39 Å². The summed E-state index contributed by atoms with van der Waals surface area (Å²) in [7, 11) is 0. The van der Waals surface area contributed by atoms with Crippen LogP contribution in [0.1, 0.15) is 32.6 Å². The summed E-state index contributed by atoms with van der Waals surface area (Å²) in [4.78, 5) is 0. The third kappa shape index (κ3) is 4.31. The normalized spacial score (nSPS) is 11.8. The standard InChI is InChI=1S/C13H17FN2/c1-2-3-4-5-13(10-15)16-12-8-6-11(14)7-9-12/h6-9,13,16H,2-5H2,1H3. The van der Waals surface area contributed by atoms with Gasteiger partial charge in [0, 0.05) is 5.69 Å². The number of nitriles is 1. The van der Waals surface area contributed by atoms with Crippen molar-refractivity contribution in [2.45, 2.75) is 38.6 Å². The number of hydrogen-bond donors (Lipinski definition) is 1. The maximum absolute atomic E-state index is 12.7. The molecular weight excluding hydrogens is 203 g/mol. The minimum Gasteiger partial charge on any atom is -0.370 e. The van der Waals surface area contributed by atoms with Crippen molar-refractivity contribution in [3.63, 3.8) is 0 Å². The zero-order valence-electron chi connectivity index (χ0n) is 9.54. The predicted molar refractivity (Wildman–Crippen MR) is 63.6 cm³/mol. The smallest absolute Gasteiger partial charge is 0.123 e. The lowest BCUT2D eigenvalue weighted by atomic mass is 10.1. The van der Waals surface area contributed by atoms with Crippen LogP contribution in [-0.2, 0) is 0 Å². The summed E-state index contributed by atoms with van der Waals surface area (Å²) in [6, 6.07) is 8.12. The minimum atomic E-state index is -0.259. The third-order valence-corrected chi connectivity index (χ3v) is 2.44. The Morgan fingerprint density at radius 2 is 2.00 bits per heavy atom. The molecule has 86 valence electrons. The fraction of sp³-hybridized carbons (Fsp3) is 0.462. The summed E-state index contributed by atoms with van der Waals surface area (Å²) in [5, 5.41) is 12.0. The summed E-state index contributed by atoms with van der Waals surface area (Å²) in [6.45, 7) is 2.13. The van der Waals surface area contributed by atoms with Crippen LogP contribution in [-0.4, -0.2) is 6.04 Å². The summed E-state index contributed by atoms with van der Waals surface area (Å²) < 4.78 is 12.7. The fourth-order valence-corrected chi connectivity index (χ4v) is 1.51. The second kappa shape index (κ2) is 6.84. The van der Waals surface area contributed by atoms with Gasteiger partial charge in [-0.2, -0.15) is 5.26 Å². The van der Waals surface area contributed by atoms with Gasteiger partial charge in [-0.05, 0) is 30.7 Å². The number of benzene rings is 1. The zero-order valence-corrected chi connectivity index (χ0v) is 9.54. The topological polar surface area (TPSA) is 35.8 Å². The number of hydrogen-bond acceptors (Lipinski definition) is 2. The molecule has 1 unspecified atom stereocenters. The van der Waals surface area contributed by atoms with Crippen molar-refractivity contribution in [2.75, 3.05) is 5.32 Å². The Kier molecular flexibility index (Phi) is 5.35. The van der Waals surface area contributed by atoms with E-state index in [-0.39, 0.29) is 11.9 Å². The SMILES string of the molecule is CCCCCC(C#N)Nc1ccc(F)cc1. The van der Waals surface area contributed by atoms with E-state index in [1.54, 1.807) is 12.1 Å². The van der Waals surface area contributed by atoms with E-state index in [9.17, 15) is 4.39 Å². The first-order valence-electron chi connectivity index (χ1n) is 5.68. The first kappa shape index (κ1) is 12.5. The highest BCUT2D eigenvalue weighted by atomic mass is 19.1. The van der Waals surface area contributed by atoms with E-state index in [0.29, 0.717) is 0 Å². The van der Waals surface area contributed by atoms with Crippen LogP contribution in [0.15, 0.2) is 24.3 Å². The van der Waals surface area contributed by atoms with E-state index in [2.05, 4.69) is 18.3 Å². The molecule has 3 heteroatoms. The lowest BCUT2D eigenvalue weighted by Crippen LogP contribution is -2.16. The van der Waals surface area contributed by atoms with Gasteiger partial charge in [-0.25, -0.2) is 4.39 Å². The van der Waals surface area contributed by atoms with Crippen LogP contribution in [0.2, 0.25) is 0 Å². The maximum atomic E-state index is 12.7. The molecule has 0 radical (unpaired) electrons. The molecule has 0 saturated heterocycles. The molecule has 0 aliphatic carbocycles. The number of halogens is 1. The van der Waals surface area contributed by atoms with Gasteiger partial charge in [-0.1, -0.05) is 26.2 Å². The Bertz CT molecular complexity index is 340. The molecule has 0 aliphatic heterocycles. The van der Waals surface area contributed by atoms with Crippen molar-refractivity contribution in [1.29, 1.82) is 5.26 Å². The Labute approximate surface area is 96.1 Å². The molecule has 0 bridgehead atoms. The van der Waals surface area contributed by atoms with Crippen molar-refractivity contribution in [3.8, 4) is 6.07 Å². The molecule has 16 heavy (non-hydrogen) atoms. The van der Waals surface area contributed by atoms with Crippen molar-refractivity contribution in [3.05, 3.63) is 30.1 Å². The van der Waals surface area contributed by atoms with E-state index in [0.717, 1.165) is 31.4 Å². The van der Waals surface area contributed by atoms with Crippen LogP contribution in [0.5, 0.6) is 0 Å². The summed E-state index contributed by atoms with van der Waals surface area (Å²) in [5.74, 6) is -0.259. The average Bonchev–Trinajstić information content (AvgIpc) is 2.31. The van der Waals surface area contributed by atoms with E-state index >= 15 is 0 Å². The molecule has 2 nitrogen and oxygen atoms in total. The molecule has 0 saturated carbocycles. The van der Waals surface area contributed by atoms with Crippen molar-refractivity contribution in [1.82, 2.24) is 0 Å². The second-order valence-corrected chi connectivity index (χ2v) is 3.83. The summed E-state index contributed by atoms with van der Waals surface area (Å²) >= 11 is 0. The van der Waals surface area contributed by atoms with E-state index in [1.165, 1.54) is 12.1 Å². The molecule has 0 aromatic heterocycles. The molecule has 1 atom stereocenters. The van der Waals surface area contributed by atoms with Gasteiger partial charge in [0.1, 0.15) is 11.9 Å². The van der Waals surface area contributed by atoms with Crippen molar-refractivity contribution in [2.24, 2.45) is 0 Å². The van der Waals surface area contributed by atoms with Gasteiger partial charge in [-0.3, -0.25) is 0 Å². The minimum absolute atomic E-state index is 0.183. The van der Waals surface area contributed by atoms with Crippen molar-refractivity contribution >= 4 is 5.69 Å². The Morgan fingerprint density at radius 3 is 2.56 bits per heavy atom. The lowest BCUT2D eigenvalue weighted by molar-refractivity contribution is 0.627. The third-order valence-electron chi connectivity index (χ3n) is 2.44. The largest absolute Gasteiger partial charge is 0.370 e. The number of rotatable bonds is 6. The van der Waals surface area contributed by atoms with Gasteiger partial charge in [0.15, 0.2) is 0 Å². The maximum Gasteiger partial charge on any atom is 0.123 e. The number of unbranched alkanes of at least 4 members (excludes halogenated alkanes) is 2. The van der Waals surface area contributed by atoms with Gasteiger partial charge in [0.05, 0.1) is 6.07 Å². The summed E-state index contributed by atoms with van der Waals surface area (Å²) in [6.07, 6.45) is 4.17. The number of nitrogens with one attached hydrogen (secondary N) is 1. The fourth-order valence-electron chi connectivity index (χ4n) is 1.51. The Hall–Kier alpha value is -1.56. The van der Waals surface area contributed by atoms with Crippen LogP contribution in [0, 0.1) is 17.1 Å². The Morgan fingerprint density at radius 1 is 1.31 bits per heavy atom. The molecule has 1 aromatic carbocycles. The van der Waals surface area contributed by atoms with Gasteiger partial charge in [0.2, 0.25) is 0 Å². The second-order valence-electron chi connectivity index (χ2n) is 3.83. The Balaban J connectivity index is 2.44. The average molecular weight is 220 g/mol. The monoisotopic (exact) mass is 220 g/mol. The molecule has 1 rings (SSSR count). The van der Waals surface area contributed by atoms with Gasteiger partial charge >= 0.3 is 0 Å². The van der Waals surface area contributed by atoms with Gasteiger partial charge < -0.3 is 5.32 Å². The van der Waals surface area contributed by atoms with Gasteiger partial charge in [0.25, 0.3) is 0 Å². The van der Waals surface area contributed by atoms with Crippen LogP contribution < -0.4 is 5.32 Å². The first-order valence-corrected chi connectivity index (χ1v) is 5.68. The lowest BCUT2D eigenvalue weighted by Gasteiger charge is -2.12. The van der Waals surface area contributed by atoms with Crippen LogP contribution in [0.3, 0.4) is 0 Å². The molecular formula is C13H17FN2. The van der Waals surface area contributed by atoms with Crippen LogP contribution in [0.4, 0.5) is 10.1 Å². The first-order chi connectivity index (χ1) is 7.76. The molecule has 0 fully saturated rings. The van der Waals surface area contributed by atoms with Crippen LogP contribution >= 0.6 is 0 Å². The molecule has 0 amide bonds. The van der Waals surface area contributed by atoms with E-state index in [1.807, 2.05) is 0 Å². The number of anilines is 1. The van der Waals surface area contributed by atoms with Crippen LogP contribution in [0.25, 0.3) is 0 Å². The summed E-state index contributed by atoms with van der Waals surface area (Å²) in [5.41, 5.74) is 0.796. The van der Waals surface area contributed by atoms with E-state index < -0.39 is 0 Å². The molecule has 0 aliphatic rings. The van der Waals surface area contributed by atoms with E-state index in [4.69, 9.17) is 5.26 Å². The highest BCUT2D eigenvalue weighted by Gasteiger charge is 2.06.